The second-order valence-electron chi connectivity index (χ2n) is 6.60. The molecular formula is C19H19N5O2. The molecule has 26 heavy (non-hydrogen) atoms. The SMILES string of the molecule is N#Cc1ccc2c(c1)CC(Nc1ncc(C(=O)N3CCCOC3)cn1)C2. The number of rotatable bonds is 3. The Morgan fingerprint density at radius 1 is 1.27 bits per heavy atom. The average molecular weight is 349 g/mol. The Kier molecular flexibility index (Phi) is 4.50. The van der Waals surface area contributed by atoms with Crippen molar-refractivity contribution < 1.29 is 9.53 Å². The van der Waals surface area contributed by atoms with Crippen molar-refractivity contribution in [2.45, 2.75) is 25.3 Å². The lowest BCUT2D eigenvalue weighted by Gasteiger charge is -2.26. The minimum absolute atomic E-state index is 0.103. The molecule has 1 aromatic heterocycles. The van der Waals surface area contributed by atoms with Crippen molar-refractivity contribution >= 4 is 11.9 Å². The fourth-order valence-electron chi connectivity index (χ4n) is 3.42. The summed E-state index contributed by atoms with van der Waals surface area (Å²) in [5, 5.41) is 12.3. The molecule has 2 heterocycles. The summed E-state index contributed by atoms with van der Waals surface area (Å²) in [5.74, 6) is 0.406. The van der Waals surface area contributed by atoms with Gasteiger partial charge in [-0.3, -0.25) is 4.79 Å². The molecule has 0 spiro atoms. The first-order valence-electron chi connectivity index (χ1n) is 8.70. The molecule has 0 saturated carbocycles. The molecule has 0 radical (unpaired) electrons. The van der Waals surface area contributed by atoms with Crippen molar-refractivity contribution in [3.63, 3.8) is 0 Å². The molecule has 1 saturated heterocycles. The molecular weight excluding hydrogens is 330 g/mol. The normalized spacial score (nSPS) is 18.9. The fraction of sp³-hybridized carbons (Fsp3) is 0.368. The van der Waals surface area contributed by atoms with E-state index in [0.717, 1.165) is 19.3 Å². The van der Waals surface area contributed by atoms with Crippen LogP contribution in [0.15, 0.2) is 30.6 Å². The van der Waals surface area contributed by atoms with E-state index in [9.17, 15) is 4.79 Å². The quantitative estimate of drug-likeness (QED) is 0.908. The van der Waals surface area contributed by atoms with Gasteiger partial charge >= 0.3 is 0 Å². The third kappa shape index (κ3) is 3.37. The monoisotopic (exact) mass is 349 g/mol. The van der Waals surface area contributed by atoms with E-state index in [1.54, 1.807) is 17.3 Å². The molecule has 1 aromatic carbocycles. The third-order valence-electron chi connectivity index (χ3n) is 4.75. The number of benzene rings is 1. The van der Waals surface area contributed by atoms with E-state index in [4.69, 9.17) is 10.00 Å². The van der Waals surface area contributed by atoms with E-state index in [1.807, 2.05) is 18.2 Å². The molecule has 7 heteroatoms. The number of nitriles is 1. The lowest BCUT2D eigenvalue weighted by molar-refractivity contribution is -0.00575. The summed E-state index contributed by atoms with van der Waals surface area (Å²) in [5.41, 5.74) is 3.59. The summed E-state index contributed by atoms with van der Waals surface area (Å²) in [4.78, 5) is 22.6. The van der Waals surface area contributed by atoms with E-state index >= 15 is 0 Å². The summed E-state index contributed by atoms with van der Waals surface area (Å²) >= 11 is 0. The van der Waals surface area contributed by atoms with E-state index in [-0.39, 0.29) is 11.9 Å². The van der Waals surface area contributed by atoms with Gasteiger partial charge in [0.05, 0.1) is 23.8 Å². The highest BCUT2D eigenvalue weighted by Gasteiger charge is 2.23. The molecule has 1 amide bonds. The molecule has 2 aliphatic rings. The highest BCUT2D eigenvalue weighted by molar-refractivity contribution is 5.93. The Morgan fingerprint density at radius 2 is 2.08 bits per heavy atom. The predicted molar refractivity (Wildman–Crippen MR) is 94.5 cm³/mol. The van der Waals surface area contributed by atoms with Crippen LogP contribution in [0.25, 0.3) is 0 Å². The zero-order valence-corrected chi connectivity index (χ0v) is 14.3. The molecule has 0 bridgehead atoms. The number of fused-ring (bicyclic) bond motifs is 1. The fourth-order valence-corrected chi connectivity index (χ4v) is 3.42. The summed E-state index contributed by atoms with van der Waals surface area (Å²) in [7, 11) is 0. The lowest BCUT2D eigenvalue weighted by Crippen LogP contribution is -2.38. The number of hydrogen-bond donors (Lipinski definition) is 1. The van der Waals surface area contributed by atoms with Crippen molar-refractivity contribution in [1.82, 2.24) is 14.9 Å². The van der Waals surface area contributed by atoms with Crippen molar-refractivity contribution in [2.24, 2.45) is 0 Å². The van der Waals surface area contributed by atoms with Gasteiger partial charge in [-0.15, -0.1) is 0 Å². The van der Waals surface area contributed by atoms with Gasteiger partial charge in [0.15, 0.2) is 0 Å². The molecule has 132 valence electrons. The maximum absolute atomic E-state index is 12.4. The van der Waals surface area contributed by atoms with Crippen LogP contribution in [0.3, 0.4) is 0 Å². The van der Waals surface area contributed by atoms with Crippen LogP contribution in [0.1, 0.15) is 33.5 Å². The van der Waals surface area contributed by atoms with Gasteiger partial charge in [0.25, 0.3) is 5.91 Å². The number of carbonyl (C=O) groups is 1. The van der Waals surface area contributed by atoms with Crippen LogP contribution in [0.2, 0.25) is 0 Å². The van der Waals surface area contributed by atoms with Crippen LogP contribution in [-0.2, 0) is 17.6 Å². The van der Waals surface area contributed by atoms with Gasteiger partial charge in [0.1, 0.15) is 6.73 Å². The average Bonchev–Trinajstić information content (AvgIpc) is 3.10. The first-order valence-corrected chi connectivity index (χ1v) is 8.70. The number of anilines is 1. The van der Waals surface area contributed by atoms with Crippen molar-refractivity contribution in [1.29, 1.82) is 5.26 Å². The number of carbonyl (C=O) groups excluding carboxylic acids is 1. The van der Waals surface area contributed by atoms with Gasteiger partial charge in [-0.1, -0.05) is 6.07 Å². The number of aromatic nitrogens is 2. The summed E-state index contributed by atoms with van der Waals surface area (Å²) in [6, 6.07) is 8.17. The minimum Gasteiger partial charge on any atom is -0.361 e. The Morgan fingerprint density at radius 3 is 2.81 bits per heavy atom. The number of amides is 1. The van der Waals surface area contributed by atoms with Gasteiger partial charge < -0.3 is 15.0 Å². The Balaban J connectivity index is 1.39. The van der Waals surface area contributed by atoms with Crippen LogP contribution < -0.4 is 5.32 Å². The van der Waals surface area contributed by atoms with E-state index in [2.05, 4.69) is 21.4 Å². The lowest BCUT2D eigenvalue weighted by atomic mass is 10.1. The molecule has 1 N–H and O–H groups in total. The number of ether oxygens (including phenoxy) is 1. The summed E-state index contributed by atoms with van der Waals surface area (Å²) in [6.07, 6.45) is 5.67. The Bertz CT molecular complexity index is 853. The van der Waals surface area contributed by atoms with Crippen molar-refractivity contribution in [2.75, 3.05) is 25.2 Å². The van der Waals surface area contributed by atoms with Crippen LogP contribution in [0.4, 0.5) is 5.95 Å². The third-order valence-corrected chi connectivity index (χ3v) is 4.75. The number of hydrogen-bond acceptors (Lipinski definition) is 6. The molecule has 1 aliphatic heterocycles. The topological polar surface area (TPSA) is 91.1 Å². The van der Waals surface area contributed by atoms with E-state index in [0.29, 0.717) is 37.0 Å². The standard InChI is InChI=1S/C19H19N5O2/c20-9-13-2-3-14-7-17(8-15(14)6-13)23-19-21-10-16(11-22-19)18(25)24-4-1-5-26-12-24/h2-3,6,10-11,17H,1,4-5,7-8,12H2,(H,21,22,23). The summed E-state index contributed by atoms with van der Waals surface area (Å²) in [6.45, 7) is 1.72. The highest BCUT2D eigenvalue weighted by Crippen LogP contribution is 2.25. The predicted octanol–water partition coefficient (Wildman–Crippen LogP) is 1.75. The van der Waals surface area contributed by atoms with Gasteiger partial charge in [-0.25, -0.2) is 9.97 Å². The van der Waals surface area contributed by atoms with Gasteiger partial charge in [-0.2, -0.15) is 5.26 Å². The second kappa shape index (κ2) is 7.10. The van der Waals surface area contributed by atoms with E-state index < -0.39 is 0 Å². The molecule has 1 atom stereocenters. The molecule has 1 unspecified atom stereocenters. The van der Waals surface area contributed by atoms with Crippen LogP contribution >= 0.6 is 0 Å². The summed E-state index contributed by atoms with van der Waals surface area (Å²) < 4.78 is 5.32. The van der Waals surface area contributed by atoms with Gasteiger partial charge in [0, 0.05) is 25.0 Å². The van der Waals surface area contributed by atoms with Gasteiger partial charge in [0.2, 0.25) is 5.95 Å². The van der Waals surface area contributed by atoms with Crippen molar-refractivity contribution in [3.05, 3.63) is 52.8 Å². The number of nitrogens with zero attached hydrogens (tertiary/aromatic N) is 4. The van der Waals surface area contributed by atoms with Crippen LogP contribution in [0.5, 0.6) is 0 Å². The van der Waals surface area contributed by atoms with Crippen molar-refractivity contribution in [3.8, 4) is 6.07 Å². The molecule has 4 rings (SSSR count). The minimum atomic E-state index is -0.103. The Labute approximate surface area is 151 Å². The molecule has 7 nitrogen and oxygen atoms in total. The molecule has 1 fully saturated rings. The first kappa shape index (κ1) is 16.5. The molecule has 2 aromatic rings. The highest BCUT2D eigenvalue weighted by atomic mass is 16.5. The zero-order chi connectivity index (χ0) is 17.9. The maximum Gasteiger partial charge on any atom is 0.258 e. The Hall–Kier alpha value is -2.98. The van der Waals surface area contributed by atoms with E-state index in [1.165, 1.54) is 11.1 Å². The second-order valence-corrected chi connectivity index (χ2v) is 6.60. The maximum atomic E-state index is 12.4. The zero-order valence-electron chi connectivity index (χ0n) is 14.3. The van der Waals surface area contributed by atoms with Gasteiger partial charge in [-0.05, 0) is 42.5 Å². The first-order chi connectivity index (χ1) is 12.7. The smallest absolute Gasteiger partial charge is 0.258 e. The molecule has 1 aliphatic carbocycles. The van der Waals surface area contributed by atoms with Crippen LogP contribution in [-0.4, -0.2) is 46.7 Å². The largest absolute Gasteiger partial charge is 0.361 e. The number of nitrogens with one attached hydrogen (secondary N) is 1. The van der Waals surface area contributed by atoms with Crippen LogP contribution in [0, 0.1) is 11.3 Å².